The number of rotatable bonds is 1. The number of hydrazone groups is 1. The number of benzene rings is 3. The summed E-state index contributed by atoms with van der Waals surface area (Å²) in [4.78, 5) is 0. The van der Waals surface area contributed by atoms with Crippen LogP contribution in [0.2, 0.25) is 5.02 Å². The standard InChI is InChI=1S/C23H19ClN4O2/c24-18-13-11-17(12-14-18)23-27-25-19-7-1-3-9-21(19)29-15-5-6-16-30-22-10-4-2-8-20(22)26-28-23/h1-14,25H,15-16H2/b6-5-,27-23+,28-26?. The van der Waals surface area contributed by atoms with Crippen molar-refractivity contribution in [1.82, 2.24) is 0 Å². The summed E-state index contributed by atoms with van der Waals surface area (Å²) in [5.41, 5.74) is 5.13. The third-order valence-electron chi connectivity index (χ3n) is 4.23. The van der Waals surface area contributed by atoms with Gasteiger partial charge in [-0.1, -0.05) is 35.9 Å². The second kappa shape index (κ2) is 9.71. The minimum atomic E-state index is 0.393. The number of amidine groups is 1. The van der Waals surface area contributed by atoms with E-state index in [1.807, 2.05) is 72.8 Å². The first kappa shape index (κ1) is 19.7. The molecule has 0 aliphatic carbocycles. The van der Waals surface area contributed by atoms with Gasteiger partial charge in [0.15, 0.2) is 0 Å². The van der Waals surface area contributed by atoms with E-state index >= 15 is 0 Å². The van der Waals surface area contributed by atoms with Gasteiger partial charge < -0.3 is 9.47 Å². The zero-order valence-electron chi connectivity index (χ0n) is 16.0. The summed E-state index contributed by atoms with van der Waals surface area (Å²) >= 11 is 6.03. The molecule has 150 valence electrons. The normalized spacial score (nSPS) is 16.8. The number of anilines is 1. The largest absolute Gasteiger partial charge is 0.487 e. The summed E-state index contributed by atoms with van der Waals surface area (Å²) in [7, 11) is 0. The second-order valence-electron chi connectivity index (χ2n) is 6.31. The van der Waals surface area contributed by atoms with E-state index in [9.17, 15) is 0 Å². The Hall–Kier alpha value is -3.64. The maximum atomic E-state index is 6.03. The Balaban J connectivity index is 1.75. The number of halogens is 1. The molecule has 0 radical (unpaired) electrons. The molecule has 1 aliphatic heterocycles. The van der Waals surface area contributed by atoms with Crippen LogP contribution in [-0.4, -0.2) is 19.0 Å². The predicted molar refractivity (Wildman–Crippen MR) is 119 cm³/mol. The van der Waals surface area contributed by atoms with E-state index in [2.05, 4.69) is 20.8 Å². The summed E-state index contributed by atoms with van der Waals surface area (Å²) in [5.74, 6) is 1.70. The van der Waals surface area contributed by atoms with E-state index in [1.54, 1.807) is 12.1 Å². The highest BCUT2D eigenvalue weighted by molar-refractivity contribution is 6.30. The maximum absolute atomic E-state index is 6.03. The first-order chi connectivity index (χ1) is 14.8. The molecule has 7 heteroatoms. The molecule has 3 aromatic rings. The zero-order chi connectivity index (χ0) is 20.6. The van der Waals surface area contributed by atoms with Crippen molar-refractivity contribution in [2.24, 2.45) is 15.3 Å². The van der Waals surface area contributed by atoms with Crippen LogP contribution in [0.4, 0.5) is 11.4 Å². The van der Waals surface area contributed by atoms with Crippen LogP contribution in [0.15, 0.2) is 100 Å². The molecule has 1 N–H and O–H groups in total. The first-order valence-corrected chi connectivity index (χ1v) is 9.77. The molecule has 3 aromatic carbocycles. The van der Waals surface area contributed by atoms with Crippen LogP contribution in [0.3, 0.4) is 0 Å². The number of fused-ring (bicyclic) bond motifs is 2. The summed E-state index contributed by atoms with van der Waals surface area (Å²) in [6.07, 6.45) is 3.81. The van der Waals surface area contributed by atoms with Gasteiger partial charge in [0.2, 0.25) is 5.84 Å². The van der Waals surface area contributed by atoms with E-state index in [-0.39, 0.29) is 0 Å². The van der Waals surface area contributed by atoms with Gasteiger partial charge in [0.25, 0.3) is 0 Å². The lowest BCUT2D eigenvalue weighted by atomic mass is 10.2. The predicted octanol–water partition coefficient (Wildman–Crippen LogP) is 6.23. The molecule has 0 fully saturated rings. The Morgan fingerprint density at radius 1 is 0.733 bits per heavy atom. The van der Waals surface area contributed by atoms with Gasteiger partial charge in [-0.05, 0) is 60.7 Å². The average Bonchev–Trinajstić information content (AvgIpc) is 2.78. The third kappa shape index (κ3) is 5.04. The van der Waals surface area contributed by atoms with E-state index < -0.39 is 0 Å². The lowest BCUT2D eigenvalue weighted by molar-refractivity contribution is 0.351. The molecule has 0 bridgehead atoms. The van der Waals surface area contributed by atoms with Crippen molar-refractivity contribution in [2.75, 3.05) is 18.6 Å². The molecule has 6 nitrogen and oxygen atoms in total. The van der Waals surface area contributed by atoms with E-state index in [0.29, 0.717) is 41.3 Å². The van der Waals surface area contributed by atoms with Crippen LogP contribution in [0, 0.1) is 0 Å². The van der Waals surface area contributed by atoms with Gasteiger partial charge in [-0.15, -0.1) is 10.2 Å². The molecule has 0 atom stereocenters. The van der Waals surface area contributed by atoms with Crippen molar-refractivity contribution >= 4 is 28.8 Å². The lowest BCUT2D eigenvalue weighted by Crippen LogP contribution is -2.03. The highest BCUT2D eigenvalue weighted by Crippen LogP contribution is 2.28. The Bertz CT molecular complexity index is 1090. The van der Waals surface area contributed by atoms with Crippen LogP contribution < -0.4 is 14.9 Å². The minimum absolute atomic E-state index is 0.393. The number of hydrogen-bond donors (Lipinski definition) is 1. The second-order valence-corrected chi connectivity index (χ2v) is 6.75. The molecule has 4 rings (SSSR count). The number of nitrogens with zero attached hydrogens (tertiary/aromatic N) is 3. The van der Waals surface area contributed by atoms with E-state index in [4.69, 9.17) is 21.1 Å². The minimum Gasteiger partial charge on any atom is -0.487 e. The van der Waals surface area contributed by atoms with E-state index in [0.717, 1.165) is 11.3 Å². The number of nitrogens with one attached hydrogen (secondary N) is 1. The first-order valence-electron chi connectivity index (χ1n) is 9.39. The summed E-state index contributed by atoms with van der Waals surface area (Å²) in [5, 5.41) is 13.9. The Kier molecular flexibility index (Phi) is 6.37. The van der Waals surface area contributed by atoms with Gasteiger partial charge in [-0.2, -0.15) is 5.10 Å². The van der Waals surface area contributed by atoms with Gasteiger partial charge in [0.05, 0.1) is 5.69 Å². The van der Waals surface area contributed by atoms with Crippen LogP contribution in [-0.2, 0) is 0 Å². The Morgan fingerprint density at radius 2 is 1.40 bits per heavy atom. The van der Waals surface area contributed by atoms with Crippen molar-refractivity contribution in [3.05, 3.63) is 95.5 Å². The summed E-state index contributed by atoms with van der Waals surface area (Å²) in [6.45, 7) is 0.806. The molecular weight excluding hydrogens is 400 g/mol. The fraction of sp³-hybridized carbons (Fsp3) is 0.0870. The van der Waals surface area contributed by atoms with Crippen molar-refractivity contribution in [2.45, 2.75) is 0 Å². The molecule has 0 spiro atoms. The van der Waals surface area contributed by atoms with Crippen LogP contribution in [0.1, 0.15) is 5.56 Å². The van der Waals surface area contributed by atoms with Gasteiger partial charge in [-0.25, -0.2) is 0 Å². The molecule has 0 amide bonds. The fourth-order valence-corrected chi connectivity index (χ4v) is 2.84. The highest BCUT2D eigenvalue weighted by Gasteiger charge is 2.08. The molecule has 0 saturated heterocycles. The van der Waals surface area contributed by atoms with Crippen LogP contribution in [0.5, 0.6) is 11.5 Å². The molecule has 30 heavy (non-hydrogen) atoms. The van der Waals surface area contributed by atoms with Gasteiger partial charge >= 0.3 is 0 Å². The lowest BCUT2D eigenvalue weighted by Gasteiger charge is -2.10. The third-order valence-corrected chi connectivity index (χ3v) is 4.48. The molecule has 0 unspecified atom stereocenters. The molecular formula is C23H19ClN4O2. The molecule has 1 heterocycles. The highest BCUT2D eigenvalue weighted by atomic mass is 35.5. The van der Waals surface area contributed by atoms with E-state index in [1.165, 1.54) is 0 Å². The number of azo groups is 1. The summed E-state index contributed by atoms with van der Waals surface area (Å²) < 4.78 is 11.7. The number of hydrogen-bond acceptors (Lipinski definition) is 6. The van der Waals surface area contributed by atoms with Gasteiger partial charge in [-0.3, -0.25) is 5.43 Å². The van der Waals surface area contributed by atoms with Crippen LogP contribution in [0.25, 0.3) is 0 Å². The zero-order valence-corrected chi connectivity index (χ0v) is 16.8. The smallest absolute Gasteiger partial charge is 0.201 e. The van der Waals surface area contributed by atoms with Crippen molar-refractivity contribution in [3.63, 3.8) is 0 Å². The van der Waals surface area contributed by atoms with Crippen LogP contribution >= 0.6 is 11.6 Å². The maximum Gasteiger partial charge on any atom is 0.201 e. The fourth-order valence-electron chi connectivity index (χ4n) is 2.72. The van der Waals surface area contributed by atoms with Gasteiger partial charge in [0.1, 0.15) is 30.4 Å². The van der Waals surface area contributed by atoms with Crippen molar-refractivity contribution in [1.29, 1.82) is 0 Å². The quantitative estimate of drug-likeness (QED) is 0.476. The molecule has 0 saturated carbocycles. The average molecular weight is 419 g/mol. The Labute approximate surface area is 179 Å². The number of ether oxygens (including phenoxy) is 2. The molecule has 0 aromatic heterocycles. The van der Waals surface area contributed by atoms with Gasteiger partial charge in [0, 0.05) is 10.6 Å². The summed E-state index contributed by atoms with van der Waals surface area (Å²) in [6, 6.07) is 22.3. The van der Waals surface area contributed by atoms with Crippen molar-refractivity contribution < 1.29 is 9.47 Å². The Morgan fingerprint density at radius 3 is 2.20 bits per heavy atom. The monoisotopic (exact) mass is 418 g/mol. The number of para-hydroxylation sites is 3. The SMILES string of the molecule is Clc1ccc(/C2=N\Nc3ccccc3OC/C=C\COc3ccccc3N=N2)cc1. The molecule has 1 aliphatic rings. The topological polar surface area (TPSA) is 67.6 Å². The van der Waals surface area contributed by atoms with Crippen molar-refractivity contribution in [3.8, 4) is 11.5 Å².